The quantitative estimate of drug-likeness (QED) is 0.404. The molecule has 1 spiro atoms. The third-order valence-electron chi connectivity index (χ3n) is 7.34. The molecule has 2 fully saturated rings. The molecule has 2 amide bonds. The summed E-state index contributed by atoms with van der Waals surface area (Å²) in [5, 5.41) is 0. The lowest BCUT2D eigenvalue weighted by Gasteiger charge is -2.50. The average molecular weight is 594 g/mol. The lowest BCUT2D eigenvalue weighted by atomic mass is 9.74. The molecule has 13 heteroatoms. The predicted octanol–water partition coefficient (Wildman–Crippen LogP) is 5.92. The van der Waals surface area contributed by atoms with Crippen LogP contribution in [0.1, 0.15) is 45.8 Å². The molecular weight excluding hydrogens is 564 g/mol. The van der Waals surface area contributed by atoms with E-state index in [4.69, 9.17) is 4.74 Å². The molecule has 0 saturated carbocycles. The number of carbonyl (C=O) groups is 2. The van der Waals surface area contributed by atoms with Gasteiger partial charge in [-0.25, -0.2) is 4.79 Å². The number of halogens is 7. The third-order valence-corrected chi connectivity index (χ3v) is 7.34. The van der Waals surface area contributed by atoms with Crippen LogP contribution in [0, 0.1) is 0 Å². The number of hydrogen-bond acceptors (Lipinski definition) is 4. The van der Waals surface area contributed by atoms with Crippen LogP contribution in [0.15, 0.2) is 48.5 Å². The highest BCUT2D eigenvalue weighted by Crippen LogP contribution is 2.44. The minimum atomic E-state index is -5.06. The first kappa shape index (κ1) is 31.5. The van der Waals surface area contributed by atoms with Gasteiger partial charge in [0.1, 0.15) is 5.60 Å². The largest absolute Gasteiger partial charge is 0.442 e. The van der Waals surface area contributed by atoms with Crippen LogP contribution in [0.5, 0.6) is 0 Å². The zero-order valence-corrected chi connectivity index (χ0v) is 22.7. The Bertz CT molecular complexity index is 1170. The Labute approximate surface area is 234 Å². The van der Waals surface area contributed by atoms with Gasteiger partial charge in [0.25, 0.3) is 5.91 Å². The van der Waals surface area contributed by atoms with Crippen LogP contribution in [0.2, 0.25) is 0 Å². The number of rotatable bonds is 5. The summed E-state index contributed by atoms with van der Waals surface area (Å²) in [5.74, 6) is -1.17. The smallest absolute Gasteiger partial charge is 0.416 e. The molecule has 2 saturated heterocycles. The highest BCUT2D eigenvalue weighted by molar-refractivity contribution is 5.94. The molecule has 220 valence electrons. The Hall–Kier alpha value is -2.99. The zero-order valence-electron chi connectivity index (χ0n) is 21.9. The topological polar surface area (TPSA) is 53.1 Å². The van der Waals surface area contributed by atoms with Crippen molar-refractivity contribution in [2.75, 3.05) is 46.8 Å². The number of benzene rings is 2. The minimum Gasteiger partial charge on any atom is -0.442 e. The van der Waals surface area contributed by atoms with Gasteiger partial charge in [0, 0.05) is 57.0 Å². The number of hydrogen-bond donors (Lipinski definition) is 0. The van der Waals surface area contributed by atoms with E-state index in [1.807, 2.05) is 49.3 Å². The normalized spacial score (nSPS) is 19.4. The van der Waals surface area contributed by atoms with Crippen molar-refractivity contribution in [2.45, 2.75) is 36.7 Å². The van der Waals surface area contributed by atoms with Crippen LogP contribution < -0.4 is 0 Å². The third kappa shape index (κ3) is 6.83. The van der Waals surface area contributed by atoms with E-state index in [1.165, 1.54) is 4.90 Å². The summed E-state index contributed by atoms with van der Waals surface area (Å²) in [5.41, 5.74) is -3.81. The van der Waals surface area contributed by atoms with Crippen molar-refractivity contribution in [1.29, 1.82) is 0 Å². The fourth-order valence-corrected chi connectivity index (χ4v) is 5.17. The van der Waals surface area contributed by atoms with E-state index in [-0.39, 0.29) is 50.3 Å². The van der Waals surface area contributed by atoms with Gasteiger partial charge >= 0.3 is 18.4 Å². The molecule has 0 radical (unpaired) electrons. The summed E-state index contributed by atoms with van der Waals surface area (Å²) >= 11 is 0. The zero-order chi connectivity index (χ0) is 28.6. The Balaban J connectivity index is 0.00000441. The monoisotopic (exact) mass is 593 g/mol. The summed E-state index contributed by atoms with van der Waals surface area (Å²) in [7, 11) is 3.78. The lowest BCUT2D eigenvalue weighted by Crippen LogP contribution is -2.60. The molecule has 0 N–H and O–H groups in total. The van der Waals surface area contributed by atoms with Crippen molar-refractivity contribution in [1.82, 2.24) is 14.7 Å². The summed E-state index contributed by atoms with van der Waals surface area (Å²) in [6, 6.07) is 10.3. The molecule has 0 unspecified atom stereocenters. The maximum absolute atomic E-state index is 13.3. The first-order valence-electron chi connectivity index (χ1n) is 12.5. The fraction of sp³-hybridized carbons (Fsp3) is 0.481. The molecule has 2 aliphatic heterocycles. The first-order chi connectivity index (χ1) is 18.2. The number of amides is 2. The number of carbonyl (C=O) groups excluding carboxylic acids is 2. The van der Waals surface area contributed by atoms with Crippen LogP contribution in [0.4, 0.5) is 31.1 Å². The van der Waals surface area contributed by atoms with Gasteiger partial charge in [-0.05, 0) is 37.9 Å². The number of piperidine rings is 1. The minimum absolute atomic E-state index is 0. The van der Waals surface area contributed by atoms with Gasteiger partial charge in [-0.2, -0.15) is 26.3 Å². The maximum Gasteiger partial charge on any atom is 0.416 e. The van der Waals surface area contributed by atoms with E-state index >= 15 is 0 Å². The lowest BCUT2D eigenvalue weighted by molar-refractivity contribution is -0.143. The van der Waals surface area contributed by atoms with Gasteiger partial charge < -0.3 is 19.4 Å². The highest BCUT2D eigenvalue weighted by atomic mass is 35.5. The molecule has 2 aromatic carbocycles. The van der Waals surface area contributed by atoms with E-state index in [1.54, 1.807) is 4.90 Å². The molecule has 40 heavy (non-hydrogen) atoms. The maximum atomic E-state index is 13.3. The Morgan fingerprint density at radius 1 is 0.975 bits per heavy atom. The van der Waals surface area contributed by atoms with Crippen LogP contribution >= 0.6 is 12.4 Å². The summed E-state index contributed by atoms with van der Waals surface area (Å²) in [6.07, 6.45) is -10.2. The molecule has 2 aliphatic rings. The number of alkyl halides is 6. The van der Waals surface area contributed by atoms with Gasteiger partial charge in [-0.3, -0.25) is 4.79 Å². The van der Waals surface area contributed by atoms with Crippen LogP contribution in [-0.4, -0.2) is 79.1 Å². The van der Waals surface area contributed by atoms with Crippen molar-refractivity contribution in [3.63, 3.8) is 0 Å². The van der Waals surface area contributed by atoms with Crippen LogP contribution in [0.25, 0.3) is 0 Å². The first-order valence-corrected chi connectivity index (χ1v) is 12.5. The number of ether oxygens (including phenoxy) is 1. The SMILES string of the molecule is CN(C)CCN1C[C@H](c2ccccc2)C2(CCN(C(=O)c3cc(C(F)(F)F)cc(C(F)(F)F)c3)CC2)OC1=O.Cl. The van der Waals surface area contributed by atoms with E-state index in [0.717, 1.165) is 5.56 Å². The second kappa shape index (κ2) is 11.9. The van der Waals surface area contributed by atoms with E-state index in [9.17, 15) is 35.9 Å². The molecule has 1 atom stereocenters. The Morgan fingerprint density at radius 2 is 1.52 bits per heavy atom. The highest BCUT2D eigenvalue weighted by Gasteiger charge is 2.51. The summed E-state index contributed by atoms with van der Waals surface area (Å²) < 4.78 is 85.8. The van der Waals surface area contributed by atoms with Gasteiger partial charge in [-0.1, -0.05) is 30.3 Å². The average Bonchev–Trinajstić information content (AvgIpc) is 2.87. The second-order valence-corrected chi connectivity index (χ2v) is 10.2. The van der Waals surface area contributed by atoms with Gasteiger partial charge in [-0.15, -0.1) is 12.4 Å². The van der Waals surface area contributed by atoms with Crippen molar-refractivity contribution in [3.05, 3.63) is 70.8 Å². The van der Waals surface area contributed by atoms with Crippen LogP contribution in [-0.2, 0) is 17.1 Å². The standard InChI is InChI=1S/C27H29F6N3O3.ClH/c1-34(2)12-13-36-17-22(18-6-4-3-5-7-18)25(39-24(36)38)8-10-35(11-9-25)23(37)19-14-20(26(28,29)30)16-21(15-19)27(31,32)33;/h3-7,14-16,22H,8-13,17H2,1-2H3;1H/t22-;/m1./s1. The predicted molar refractivity (Wildman–Crippen MR) is 137 cm³/mol. The molecule has 0 bridgehead atoms. The van der Waals surface area contributed by atoms with Gasteiger partial charge in [0.2, 0.25) is 0 Å². The van der Waals surface area contributed by atoms with Crippen LogP contribution in [0.3, 0.4) is 0 Å². The van der Waals surface area contributed by atoms with Crippen molar-refractivity contribution >= 4 is 24.4 Å². The molecule has 2 heterocycles. The Morgan fingerprint density at radius 3 is 2.02 bits per heavy atom. The molecule has 0 aromatic heterocycles. The molecular formula is C27H30ClF6N3O3. The van der Waals surface area contributed by atoms with Crippen molar-refractivity contribution in [2.24, 2.45) is 0 Å². The van der Waals surface area contributed by atoms with E-state index in [2.05, 4.69) is 0 Å². The van der Waals surface area contributed by atoms with Crippen molar-refractivity contribution < 1.29 is 40.7 Å². The summed E-state index contributed by atoms with van der Waals surface area (Å²) in [6.45, 7) is 1.47. The van der Waals surface area contributed by atoms with E-state index < -0.39 is 46.6 Å². The molecule has 4 rings (SSSR count). The molecule has 0 aliphatic carbocycles. The van der Waals surface area contributed by atoms with E-state index in [0.29, 0.717) is 31.8 Å². The summed E-state index contributed by atoms with van der Waals surface area (Å²) in [4.78, 5) is 30.9. The number of nitrogens with zero attached hydrogens (tertiary/aromatic N) is 3. The van der Waals surface area contributed by atoms with Gasteiger partial charge in [0.15, 0.2) is 0 Å². The number of likely N-dealkylation sites (N-methyl/N-ethyl adjacent to an activating group) is 1. The van der Waals surface area contributed by atoms with Crippen molar-refractivity contribution in [3.8, 4) is 0 Å². The second-order valence-electron chi connectivity index (χ2n) is 10.2. The van der Waals surface area contributed by atoms with Gasteiger partial charge in [0.05, 0.1) is 11.1 Å². The Kier molecular flexibility index (Phi) is 9.35. The molecule has 6 nitrogen and oxygen atoms in total. The molecule has 2 aromatic rings. The number of likely N-dealkylation sites (tertiary alicyclic amines) is 1. The fourth-order valence-electron chi connectivity index (χ4n) is 5.17.